The fraction of sp³-hybridized carbons (Fsp3) is 0.500. The summed E-state index contributed by atoms with van der Waals surface area (Å²) in [5, 5.41) is 0. The summed E-state index contributed by atoms with van der Waals surface area (Å²) in [5.41, 5.74) is 1.87. The van der Waals surface area contributed by atoms with Crippen LogP contribution in [0.2, 0.25) is 0 Å². The molecule has 1 amide bonds. The van der Waals surface area contributed by atoms with Crippen molar-refractivity contribution in [2.24, 2.45) is 0 Å². The van der Waals surface area contributed by atoms with Gasteiger partial charge >= 0.3 is 5.91 Å². The van der Waals surface area contributed by atoms with Crippen molar-refractivity contribution in [3.63, 3.8) is 0 Å². The number of ketones is 1. The summed E-state index contributed by atoms with van der Waals surface area (Å²) < 4.78 is 0. The number of nitrogens with one attached hydrogen (secondary N) is 1. The van der Waals surface area contributed by atoms with E-state index in [4.69, 9.17) is 0 Å². The Balaban J connectivity index is 3.39. The van der Waals surface area contributed by atoms with E-state index in [0.717, 1.165) is 6.92 Å². The van der Waals surface area contributed by atoms with Crippen LogP contribution in [0.4, 0.5) is 0 Å². The molecule has 0 radical (unpaired) electrons. The Kier molecular flexibility index (Phi) is 4.08. The van der Waals surface area contributed by atoms with Crippen LogP contribution in [0.25, 0.3) is 0 Å². The Hall–Kier alpha value is -0.550. The van der Waals surface area contributed by atoms with E-state index in [1.54, 1.807) is 0 Å². The normalized spacial score (nSPS) is 8.67. The Labute approximate surface area is 57.9 Å². The average Bonchev–Trinajstić information content (AvgIpc) is 1.82. The van der Waals surface area contributed by atoms with E-state index < -0.39 is 11.7 Å². The SMILES string of the molecule is CC(=O)C(=O)NOCS. The molecular formula is C4H7NO3S. The molecule has 0 spiro atoms. The lowest BCUT2D eigenvalue weighted by molar-refractivity contribution is -0.143. The second kappa shape index (κ2) is 4.34. The Morgan fingerprint density at radius 3 is 2.56 bits per heavy atom. The maximum absolute atomic E-state index is 10.3. The van der Waals surface area contributed by atoms with Crippen LogP contribution in [-0.2, 0) is 14.4 Å². The second-order valence-electron chi connectivity index (χ2n) is 1.26. The average molecular weight is 149 g/mol. The van der Waals surface area contributed by atoms with Crippen molar-refractivity contribution in [3.8, 4) is 0 Å². The lowest BCUT2D eigenvalue weighted by Gasteiger charge is -1.97. The molecule has 0 bridgehead atoms. The molecule has 4 nitrogen and oxygen atoms in total. The van der Waals surface area contributed by atoms with Gasteiger partial charge < -0.3 is 0 Å². The predicted octanol–water partition coefficient (Wildman–Crippen LogP) is -0.490. The summed E-state index contributed by atoms with van der Waals surface area (Å²) in [4.78, 5) is 24.7. The van der Waals surface area contributed by atoms with Crippen LogP contribution in [0.5, 0.6) is 0 Å². The van der Waals surface area contributed by atoms with E-state index >= 15 is 0 Å². The van der Waals surface area contributed by atoms with E-state index in [0.29, 0.717) is 0 Å². The van der Waals surface area contributed by atoms with Crippen LogP contribution >= 0.6 is 12.6 Å². The summed E-state index contributed by atoms with van der Waals surface area (Å²) in [6, 6.07) is 0. The quantitative estimate of drug-likeness (QED) is 0.246. The number of carbonyl (C=O) groups is 2. The van der Waals surface area contributed by atoms with Crippen molar-refractivity contribution in [1.29, 1.82) is 0 Å². The summed E-state index contributed by atoms with van der Waals surface area (Å²) in [6.07, 6.45) is 0. The number of hydrogen-bond acceptors (Lipinski definition) is 4. The number of Topliss-reactive ketones (excluding diaryl/α,β-unsaturated/α-hetero) is 1. The van der Waals surface area contributed by atoms with Crippen molar-refractivity contribution >= 4 is 24.3 Å². The summed E-state index contributed by atoms with van der Waals surface area (Å²) in [7, 11) is 0. The van der Waals surface area contributed by atoms with E-state index in [1.165, 1.54) is 0 Å². The van der Waals surface area contributed by atoms with Crippen LogP contribution in [0, 0.1) is 0 Å². The number of hydroxylamine groups is 1. The molecule has 0 saturated carbocycles. The van der Waals surface area contributed by atoms with Gasteiger partial charge in [-0.1, -0.05) is 0 Å². The lowest BCUT2D eigenvalue weighted by atomic mass is 10.4. The second-order valence-corrected chi connectivity index (χ2v) is 1.52. The van der Waals surface area contributed by atoms with Crippen molar-refractivity contribution in [2.45, 2.75) is 6.92 Å². The summed E-state index contributed by atoms with van der Waals surface area (Å²) in [6.45, 7) is 1.15. The Morgan fingerprint density at radius 1 is 1.67 bits per heavy atom. The van der Waals surface area contributed by atoms with Gasteiger partial charge in [-0.2, -0.15) is 0 Å². The molecule has 0 rings (SSSR count). The van der Waals surface area contributed by atoms with Gasteiger partial charge in [0.05, 0.1) is 0 Å². The number of amides is 1. The van der Waals surface area contributed by atoms with Crippen LogP contribution < -0.4 is 5.48 Å². The molecule has 52 valence electrons. The third-order valence-electron chi connectivity index (χ3n) is 0.549. The zero-order valence-corrected chi connectivity index (χ0v) is 5.77. The molecule has 0 aliphatic rings. The molecule has 0 aromatic rings. The molecule has 0 aromatic heterocycles. The Bertz CT molecular complexity index is 125. The molecule has 5 heteroatoms. The van der Waals surface area contributed by atoms with Crippen LogP contribution in [0.15, 0.2) is 0 Å². The Morgan fingerprint density at radius 2 is 2.22 bits per heavy atom. The zero-order chi connectivity index (χ0) is 7.28. The third-order valence-corrected chi connectivity index (χ3v) is 0.678. The number of thiol groups is 1. The minimum Gasteiger partial charge on any atom is -0.289 e. The van der Waals surface area contributed by atoms with Crippen LogP contribution in [-0.4, -0.2) is 17.6 Å². The fourth-order valence-corrected chi connectivity index (χ4v) is 0.234. The monoisotopic (exact) mass is 149 g/mol. The summed E-state index contributed by atoms with van der Waals surface area (Å²) >= 11 is 3.62. The third kappa shape index (κ3) is 3.99. The minimum atomic E-state index is -0.760. The molecule has 9 heavy (non-hydrogen) atoms. The predicted molar refractivity (Wildman–Crippen MR) is 33.8 cm³/mol. The van der Waals surface area contributed by atoms with Crippen LogP contribution in [0.3, 0.4) is 0 Å². The highest BCUT2D eigenvalue weighted by Crippen LogP contribution is 1.73. The van der Waals surface area contributed by atoms with Crippen molar-refractivity contribution in [2.75, 3.05) is 5.94 Å². The molecule has 0 aliphatic carbocycles. The topological polar surface area (TPSA) is 55.4 Å². The van der Waals surface area contributed by atoms with Gasteiger partial charge in [0.25, 0.3) is 0 Å². The molecule has 0 unspecified atom stereocenters. The zero-order valence-electron chi connectivity index (χ0n) is 4.88. The largest absolute Gasteiger partial charge is 0.310 e. The number of hydrogen-bond donors (Lipinski definition) is 2. The molecule has 1 N–H and O–H groups in total. The first-order valence-electron chi connectivity index (χ1n) is 2.22. The van der Waals surface area contributed by atoms with Gasteiger partial charge in [-0.25, -0.2) is 5.48 Å². The van der Waals surface area contributed by atoms with Crippen LogP contribution in [0.1, 0.15) is 6.92 Å². The number of carbonyl (C=O) groups excluding carboxylic acids is 2. The van der Waals surface area contributed by atoms with Crippen molar-refractivity contribution < 1.29 is 14.4 Å². The van der Waals surface area contributed by atoms with E-state index in [2.05, 4.69) is 17.5 Å². The van der Waals surface area contributed by atoms with Gasteiger partial charge in [-0.05, 0) is 0 Å². The first kappa shape index (κ1) is 8.45. The highest BCUT2D eigenvalue weighted by molar-refractivity contribution is 7.80. The standard InChI is InChI=1S/C4H7NO3S/c1-3(6)4(7)5-8-2-9/h9H,2H2,1H3,(H,5,7). The first-order valence-corrected chi connectivity index (χ1v) is 2.85. The lowest BCUT2D eigenvalue weighted by Crippen LogP contribution is -2.28. The molecule has 0 saturated heterocycles. The fourth-order valence-electron chi connectivity index (χ4n) is 0.170. The smallest absolute Gasteiger partial charge is 0.289 e. The molecule has 0 fully saturated rings. The molecular weight excluding hydrogens is 142 g/mol. The minimum absolute atomic E-state index is 0.0546. The van der Waals surface area contributed by atoms with Gasteiger partial charge in [-0.3, -0.25) is 14.4 Å². The van der Waals surface area contributed by atoms with E-state index in [9.17, 15) is 9.59 Å². The number of rotatable bonds is 3. The van der Waals surface area contributed by atoms with Gasteiger partial charge in [0, 0.05) is 6.92 Å². The van der Waals surface area contributed by atoms with Gasteiger partial charge in [0.2, 0.25) is 5.78 Å². The summed E-state index contributed by atoms with van der Waals surface area (Å²) in [5.74, 6) is -1.29. The first-order chi connectivity index (χ1) is 4.18. The highest BCUT2D eigenvalue weighted by Gasteiger charge is 2.04. The molecule has 0 atom stereocenters. The van der Waals surface area contributed by atoms with Gasteiger partial charge in [-0.15, -0.1) is 12.6 Å². The van der Waals surface area contributed by atoms with Gasteiger partial charge in [0.15, 0.2) is 0 Å². The highest BCUT2D eigenvalue weighted by atomic mass is 32.1. The maximum Gasteiger partial charge on any atom is 0.310 e. The molecule has 0 heterocycles. The van der Waals surface area contributed by atoms with Crippen molar-refractivity contribution in [1.82, 2.24) is 5.48 Å². The molecule has 0 aliphatic heterocycles. The van der Waals surface area contributed by atoms with E-state index in [1.807, 2.05) is 5.48 Å². The van der Waals surface area contributed by atoms with E-state index in [-0.39, 0.29) is 5.94 Å². The maximum atomic E-state index is 10.3. The molecule has 0 aromatic carbocycles. The van der Waals surface area contributed by atoms with Gasteiger partial charge in [0.1, 0.15) is 5.94 Å². The van der Waals surface area contributed by atoms with Crippen molar-refractivity contribution in [3.05, 3.63) is 0 Å².